The molecule has 48 heavy (non-hydrogen) atoms. The van der Waals surface area contributed by atoms with Crippen molar-refractivity contribution in [3.8, 4) is 0 Å². The van der Waals surface area contributed by atoms with Crippen molar-refractivity contribution in [3.63, 3.8) is 0 Å². The molecule has 2 rings (SSSR count). The fourth-order valence-electron chi connectivity index (χ4n) is 4.56. The van der Waals surface area contributed by atoms with Crippen LogP contribution >= 0.6 is 0 Å². The quantitative estimate of drug-likeness (QED) is 0.0950. The number of nitrogens with zero attached hydrogens (tertiary/aromatic N) is 1. The molecule has 2 heterocycles. The number of primary amides is 1. The Kier molecular flexibility index (Phi) is 15.6. The van der Waals surface area contributed by atoms with Gasteiger partial charge in [-0.3, -0.25) is 28.8 Å². The molecule has 0 bridgehead atoms. The summed E-state index contributed by atoms with van der Waals surface area (Å²) < 4.78 is 0. The van der Waals surface area contributed by atoms with E-state index in [2.05, 4.69) is 36.9 Å². The van der Waals surface area contributed by atoms with Gasteiger partial charge in [0.25, 0.3) is 5.91 Å². The van der Waals surface area contributed by atoms with Crippen LogP contribution in [-0.2, 0) is 28.8 Å². The van der Waals surface area contributed by atoms with Gasteiger partial charge in [0, 0.05) is 25.7 Å². The number of guanidine groups is 1. The fourth-order valence-corrected chi connectivity index (χ4v) is 4.56. The number of aliphatic imine (C=N–C) groups is 1. The van der Waals surface area contributed by atoms with Gasteiger partial charge in [-0.2, -0.15) is 0 Å². The highest BCUT2D eigenvalue weighted by Crippen LogP contribution is 2.12. The van der Waals surface area contributed by atoms with Crippen molar-refractivity contribution in [2.75, 3.05) is 32.8 Å². The highest BCUT2D eigenvalue weighted by molar-refractivity contribution is 6.02. The minimum Gasteiger partial charge on any atom is -0.396 e. The lowest BCUT2D eigenvalue weighted by Gasteiger charge is -2.29. The number of ketones is 1. The third-order valence-corrected chi connectivity index (χ3v) is 7.23. The summed E-state index contributed by atoms with van der Waals surface area (Å²) in [5.74, 6) is -7.79. The maximum Gasteiger partial charge on any atom is 0.316 e. The monoisotopic (exact) mass is 685 g/mol. The Morgan fingerprint density at radius 2 is 1.71 bits per heavy atom. The predicted molar refractivity (Wildman–Crippen MR) is 163 cm³/mol. The van der Waals surface area contributed by atoms with Crippen LogP contribution in [0.3, 0.4) is 0 Å². The van der Waals surface area contributed by atoms with Gasteiger partial charge in [0.2, 0.25) is 23.6 Å². The number of hydrogen-bond donors (Lipinski definition) is 14. The molecule has 0 aromatic carbocycles. The summed E-state index contributed by atoms with van der Waals surface area (Å²) >= 11 is 0. The molecule has 7 atom stereocenters. The molecule has 22 nitrogen and oxygen atoms in total. The van der Waals surface area contributed by atoms with E-state index in [9.17, 15) is 54.0 Å². The zero-order valence-corrected chi connectivity index (χ0v) is 25.8. The Morgan fingerprint density at radius 1 is 1.00 bits per heavy atom. The van der Waals surface area contributed by atoms with Gasteiger partial charge in [-0.15, -0.1) is 0 Å². The number of nitrogens with two attached hydrogens (primary N) is 3. The van der Waals surface area contributed by atoms with E-state index in [1.807, 2.05) is 5.32 Å². The molecule has 2 aliphatic rings. The molecule has 0 aromatic rings. The van der Waals surface area contributed by atoms with Crippen LogP contribution in [0.4, 0.5) is 4.79 Å². The number of Topliss-reactive ketones (excluding diaryl/α,β-unsaturated/α-hetero) is 1. The summed E-state index contributed by atoms with van der Waals surface area (Å²) in [6.07, 6.45) is -3.54. The Balaban J connectivity index is 2.53. The normalized spacial score (nSPS) is 26.9. The second-order valence-corrected chi connectivity index (χ2v) is 10.9. The molecule has 0 saturated carbocycles. The van der Waals surface area contributed by atoms with Crippen LogP contribution in [-0.4, -0.2) is 137 Å². The molecule has 2 aliphatic heterocycles. The topological polar surface area (TPSA) is 375 Å². The molecule has 7 amide bonds. The summed E-state index contributed by atoms with van der Waals surface area (Å²) in [5.41, 5.74) is 15.6. The maximum atomic E-state index is 13.5. The Morgan fingerprint density at radius 3 is 2.31 bits per heavy atom. The third-order valence-electron chi connectivity index (χ3n) is 7.23. The second kappa shape index (κ2) is 19.0. The number of aliphatic hydroxyl groups excluding tert-OH is 4. The van der Waals surface area contributed by atoms with Crippen LogP contribution < -0.4 is 54.4 Å². The molecule has 268 valence electrons. The molecule has 1 fully saturated rings. The highest BCUT2D eigenvalue weighted by atomic mass is 16.3. The van der Waals surface area contributed by atoms with Crippen molar-refractivity contribution >= 4 is 47.3 Å². The van der Waals surface area contributed by atoms with E-state index in [0.29, 0.717) is 6.20 Å². The minimum atomic E-state index is -1.66. The first-order valence-electron chi connectivity index (χ1n) is 14.8. The molecule has 0 aliphatic carbocycles. The van der Waals surface area contributed by atoms with Crippen molar-refractivity contribution in [3.05, 3.63) is 11.9 Å². The zero-order chi connectivity index (χ0) is 36.0. The first-order valence-corrected chi connectivity index (χ1v) is 14.8. The molecular formula is C26H43N11O11. The Bertz CT molecular complexity index is 1280. The predicted octanol–water partition coefficient (Wildman–Crippen LogP) is -8.11. The van der Waals surface area contributed by atoms with Gasteiger partial charge >= 0.3 is 6.03 Å². The average Bonchev–Trinajstić information content (AvgIpc) is 3.03. The van der Waals surface area contributed by atoms with Crippen LogP contribution in [0.2, 0.25) is 0 Å². The van der Waals surface area contributed by atoms with Crippen LogP contribution in [0, 0.1) is 5.92 Å². The highest BCUT2D eigenvalue weighted by Gasteiger charge is 2.36. The van der Waals surface area contributed by atoms with Crippen molar-refractivity contribution in [2.24, 2.45) is 28.1 Å². The summed E-state index contributed by atoms with van der Waals surface area (Å²) in [4.78, 5) is 94.4. The molecular weight excluding hydrogens is 642 g/mol. The van der Waals surface area contributed by atoms with E-state index in [1.165, 1.54) is 0 Å². The molecule has 0 aromatic heterocycles. The lowest BCUT2D eigenvalue weighted by atomic mass is 9.98. The number of nitrogens with one attached hydrogen (secondary N) is 7. The number of amides is 7. The first-order chi connectivity index (χ1) is 22.7. The number of rotatable bonds is 10. The van der Waals surface area contributed by atoms with E-state index in [0.717, 1.165) is 0 Å². The second-order valence-electron chi connectivity index (χ2n) is 10.9. The van der Waals surface area contributed by atoms with Crippen LogP contribution in [0.5, 0.6) is 0 Å². The molecule has 0 unspecified atom stereocenters. The smallest absolute Gasteiger partial charge is 0.316 e. The van der Waals surface area contributed by atoms with E-state index in [1.54, 1.807) is 0 Å². The summed E-state index contributed by atoms with van der Waals surface area (Å²) in [6.45, 7) is -2.34. The molecule has 1 saturated heterocycles. The SMILES string of the molecule is NCC[C@@H](O)[C@H](O)CC(=O)N[C@H]1CNC(=O)[C@H]([C@H]2CCNC(N)=N2)NC(=O)/C(=C/NC(N)=O)NC(=O)[C@H](CO)CC(=O)[C@H](CO)NC1=O. The maximum absolute atomic E-state index is 13.5. The van der Waals surface area contributed by atoms with Gasteiger partial charge in [-0.25, -0.2) is 9.79 Å². The molecule has 22 heteroatoms. The van der Waals surface area contributed by atoms with Crippen LogP contribution in [0.15, 0.2) is 16.9 Å². The van der Waals surface area contributed by atoms with Crippen LogP contribution in [0.1, 0.15) is 25.7 Å². The fraction of sp³-hybridized carbons (Fsp3) is 0.615. The molecule has 17 N–H and O–H groups in total. The summed E-state index contributed by atoms with van der Waals surface area (Å²) in [7, 11) is 0. The van der Waals surface area contributed by atoms with Gasteiger partial charge in [-0.1, -0.05) is 0 Å². The number of hydrogen-bond acceptors (Lipinski definition) is 15. The first kappa shape index (κ1) is 39.3. The molecule has 0 spiro atoms. The van der Waals surface area contributed by atoms with E-state index in [-0.39, 0.29) is 31.9 Å². The summed E-state index contributed by atoms with van der Waals surface area (Å²) in [6, 6.07) is -6.98. The largest absolute Gasteiger partial charge is 0.396 e. The van der Waals surface area contributed by atoms with Crippen molar-refractivity contribution in [2.45, 2.75) is 62.1 Å². The lowest BCUT2D eigenvalue weighted by Crippen LogP contribution is -2.60. The van der Waals surface area contributed by atoms with E-state index >= 15 is 0 Å². The average molecular weight is 686 g/mol. The van der Waals surface area contributed by atoms with E-state index in [4.69, 9.17) is 17.2 Å². The number of carbonyl (C=O) groups excluding carboxylic acids is 7. The van der Waals surface area contributed by atoms with Gasteiger partial charge < -0.3 is 74.8 Å². The Labute approximate surface area is 273 Å². The minimum absolute atomic E-state index is 0.00960. The number of aliphatic hydroxyl groups is 4. The summed E-state index contributed by atoms with van der Waals surface area (Å²) in [5, 5.41) is 56.0. The Hall–Kier alpha value is -4.90. The van der Waals surface area contributed by atoms with Gasteiger partial charge in [0.05, 0.1) is 43.8 Å². The van der Waals surface area contributed by atoms with Gasteiger partial charge in [0.1, 0.15) is 23.8 Å². The number of urea groups is 1. The lowest BCUT2D eigenvalue weighted by molar-refractivity contribution is -0.135. The standard InChI is InChI=1S/C26H43N11O11/c27-3-1-16(40)18(42)6-19(43)33-13-7-31-24(47)20(12-2-4-30-25(28)36-12)37-23(46)14(8-32-26(29)48)34-21(44)11(9-38)5-17(41)15(10-39)35-22(13)45/h8,11-13,15-16,18,20,38-40,42H,1-7,9-10,27H2,(H,31,47)(H,33,43)(H,34,44)(H,35,45)(H,37,46)(H3,28,30,36)(H3,29,32,48)/b14-8-/t11-,12+,13-,15-,16+,18+,20-/m0/s1. The zero-order valence-electron chi connectivity index (χ0n) is 25.8. The van der Waals surface area contributed by atoms with Crippen molar-refractivity contribution in [1.82, 2.24) is 37.2 Å². The van der Waals surface area contributed by atoms with E-state index < -0.39 is 122 Å². The van der Waals surface area contributed by atoms with Crippen molar-refractivity contribution in [1.29, 1.82) is 0 Å². The van der Waals surface area contributed by atoms with Gasteiger partial charge in [0.15, 0.2) is 11.7 Å². The van der Waals surface area contributed by atoms with Crippen LogP contribution in [0.25, 0.3) is 0 Å². The van der Waals surface area contributed by atoms with Gasteiger partial charge in [-0.05, 0) is 19.4 Å². The third kappa shape index (κ3) is 12.0. The number of carbonyl (C=O) groups is 7. The van der Waals surface area contributed by atoms with Crippen molar-refractivity contribution < 1.29 is 54.0 Å². The molecule has 0 radical (unpaired) electrons.